The maximum Gasteiger partial charge on any atom is 0.0887 e. The van der Waals surface area contributed by atoms with Crippen molar-refractivity contribution in [1.29, 1.82) is 0 Å². The molecule has 8 rings (SSSR count). The van der Waals surface area contributed by atoms with Crippen molar-refractivity contribution in [3.63, 3.8) is 0 Å². The second-order valence-corrected chi connectivity index (χ2v) is 14.8. The average Bonchev–Trinajstić information content (AvgIpc) is 3.28. The van der Waals surface area contributed by atoms with Crippen LogP contribution in [0.5, 0.6) is 0 Å². The van der Waals surface area contributed by atoms with Gasteiger partial charge in [-0.2, -0.15) is 40.9 Å². The van der Waals surface area contributed by atoms with Crippen LogP contribution in [0, 0.1) is 25.7 Å². The standard InChI is InChI=1S/C46H46N12/c1-33-31-42(9-13-45(33)55-53-41-17-25-48-26-18-41)54-50-39-7-10-43(11-8-39)57-27-19-35(20-28-57)36-21-29-58(30-22-36)44-12-14-46(34(2)32-44)56-52-38-5-3-37(4-6-38)49-51-40-15-23-47-24-16-40/h3-18,23-26,31-32,35-36H,19-22,27-30H2,1-2H3. The number of piperidine rings is 2. The number of aryl methyl sites for hydroxylation is 2. The van der Waals surface area contributed by atoms with E-state index in [-0.39, 0.29) is 0 Å². The largest absolute Gasteiger partial charge is 0.372 e. The molecule has 2 aliphatic rings. The molecule has 0 saturated carbocycles. The van der Waals surface area contributed by atoms with Gasteiger partial charge in [-0.1, -0.05) is 0 Å². The normalized spacial score (nSPS) is 15.8. The number of hydrogen-bond acceptors (Lipinski definition) is 12. The fourth-order valence-electron chi connectivity index (χ4n) is 7.61. The second-order valence-electron chi connectivity index (χ2n) is 14.8. The van der Waals surface area contributed by atoms with Gasteiger partial charge >= 0.3 is 0 Å². The highest BCUT2D eigenvalue weighted by atomic mass is 15.2. The summed E-state index contributed by atoms with van der Waals surface area (Å²) in [5.41, 5.74) is 11.0. The van der Waals surface area contributed by atoms with Gasteiger partial charge in [0.15, 0.2) is 0 Å². The minimum Gasteiger partial charge on any atom is -0.372 e. The first-order chi connectivity index (χ1) is 28.5. The van der Waals surface area contributed by atoms with E-state index in [9.17, 15) is 0 Å². The smallest absolute Gasteiger partial charge is 0.0887 e. The van der Waals surface area contributed by atoms with Crippen LogP contribution in [0.2, 0.25) is 0 Å². The van der Waals surface area contributed by atoms with Crippen LogP contribution in [0.25, 0.3) is 0 Å². The summed E-state index contributed by atoms with van der Waals surface area (Å²) in [6.45, 7) is 8.47. The third-order valence-corrected chi connectivity index (χ3v) is 11.0. The monoisotopic (exact) mass is 766 g/mol. The van der Waals surface area contributed by atoms with E-state index in [1.807, 2.05) is 73.7 Å². The van der Waals surface area contributed by atoms with Crippen LogP contribution in [0.15, 0.2) is 175 Å². The molecular formula is C46H46N12. The van der Waals surface area contributed by atoms with Gasteiger partial charge in [-0.3, -0.25) is 9.97 Å². The molecule has 12 heteroatoms. The maximum atomic E-state index is 4.55. The molecule has 0 atom stereocenters. The zero-order valence-corrected chi connectivity index (χ0v) is 32.9. The van der Waals surface area contributed by atoms with Crippen molar-refractivity contribution in [1.82, 2.24) is 9.97 Å². The molecule has 6 aromatic rings. The molecule has 0 radical (unpaired) electrons. The Hall–Kier alpha value is -6.82. The van der Waals surface area contributed by atoms with E-state index in [2.05, 4.69) is 110 Å². The van der Waals surface area contributed by atoms with Crippen molar-refractivity contribution < 1.29 is 0 Å². The molecule has 2 fully saturated rings. The third-order valence-electron chi connectivity index (χ3n) is 11.0. The van der Waals surface area contributed by atoms with Crippen LogP contribution in [0.4, 0.5) is 56.9 Å². The zero-order chi connectivity index (χ0) is 39.5. The van der Waals surface area contributed by atoms with Crippen LogP contribution in [0.1, 0.15) is 36.8 Å². The van der Waals surface area contributed by atoms with Crippen LogP contribution < -0.4 is 9.80 Å². The van der Waals surface area contributed by atoms with Gasteiger partial charge in [-0.05, 0) is 172 Å². The van der Waals surface area contributed by atoms with E-state index < -0.39 is 0 Å². The quantitative estimate of drug-likeness (QED) is 0.121. The molecular weight excluding hydrogens is 721 g/mol. The Morgan fingerprint density at radius 1 is 0.379 bits per heavy atom. The Bertz CT molecular complexity index is 2380. The predicted molar refractivity (Wildman–Crippen MR) is 230 cm³/mol. The topological polar surface area (TPSA) is 131 Å². The molecule has 2 aromatic heterocycles. The van der Waals surface area contributed by atoms with Crippen LogP contribution in [0.3, 0.4) is 0 Å². The number of rotatable bonds is 11. The van der Waals surface area contributed by atoms with Gasteiger partial charge in [0.1, 0.15) is 0 Å². The van der Waals surface area contributed by atoms with Crippen molar-refractivity contribution in [2.24, 2.45) is 52.7 Å². The van der Waals surface area contributed by atoms with Gasteiger partial charge in [0.05, 0.1) is 45.5 Å². The second kappa shape index (κ2) is 18.4. The van der Waals surface area contributed by atoms with Crippen molar-refractivity contribution in [2.45, 2.75) is 39.5 Å². The number of pyridine rings is 2. The summed E-state index contributed by atoms with van der Waals surface area (Å²) in [7, 11) is 0. The molecule has 0 unspecified atom stereocenters. The number of nitrogens with zero attached hydrogens (tertiary/aromatic N) is 12. The summed E-state index contributed by atoms with van der Waals surface area (Å²) in [5.74, 6) is 1.56. The molecule has 0 spiro atoms. The summed E-state index contributed by atoms with van der Waals surface area (Å²) in [5, 5.41) is 35.2. The number of anilines is 2. The number of benzene rings is 4. The van der Waals surface area contributed by atoms with Gasteiger partial charge in [0.25, 0.3) is 0 Å². The lowest BCUT2D eigenvalue weighted by Crippen LogP contribution is -2.41. The Kier molecular flexibility index (Phi) is 12.1. The Balaban J connectivity index is 0.775. The molecule has 0 amide bonds. The van der Waals surface area contributed by atoms with Crippen molar-refractivity contribution in [3.8, 4) is 0 Å². The summed E-state index contributed by atoms with van der Waals surface area (Å²) in [6, 6.07) is 35.7. The zero-order valence-electron chi connectivity index (χ0n) is 32.9. The molecule has 0 bridgehead atoms. The molecule has 290 valence electrons. The first-order valence-corrected chi connectivity index (χ1v) is 19.9. The van der Waals surface area contributed by atoms with Crippen LogP contribution in [-0.2, 0) is 0 Å². The minimum absolute atomic E-state index is 0.755. The number of azo groups is 4. The predicted octanol–water partition coefficient (Wildman–Crippen LogP) is 13.9. The fraction of sp³-hybridized carbons (Fsp3) is 0.261. The van der Waals surface area contributed by atoms with Crippen molar-refractivity contribution in [2.75, 3.05) is 36.0 Å². The summed E-state index contributed by atoms with van der Waals surface area (Å²) in [6.07, 6.45) is 11.7. The molecule has 2 saturated heterocycles. The molecule has 4 heterocycles. The Labute approximate surface area is 339 Å². The molecule has 58 heavy (non-hydrogen) atoms. The summed E-state index contributed by atoms with van der Waals surface area (Å²) in [4.78, 5) is 13.1. The van der Waals surface area contributed by atoms with Crippen molar-refractivity contribution in [3.05, 3.63) is 145 Å². The van der Waals surface area contributed by atoms with E-state index in [0.29, 0.717) is 0 Å². The average molecular weight is 767 g/mol. The first kappa shape index (κ1) is 38.1. The van der Waals surface area contributed by atoms with Gasteiger partial charge in [-0.15, -0.1) is 0 Å². The molecule has 0 N–H and O–H groups in total. The summed E-state index contributed by atoms with van der Waals surface area (Å²) >= 11 is 0. The van der Waals surface area contributed by atoms with Gasteiger partial charge in [0, 0.05) is 62.3 Å². The Morgan fingerprint density at radius 2 is 0.724 bits per heavy atom. The lowest BCUT2D eigenvalue weighted by molar-refractivity contribution is 0.233. The summed E-state index contributed by atoms with van der Waals surface area (Å²) < 4.78 is 0. The molecule has 2 aliphatic heterocycles. The molecule has 12 nitrogen and oxygen atoms in total. The highest BCUT2D eigenvalue weighted by Crippen LogP contribution is 2.37. The van der Waals surface area contributed by atoms with Crippen molar-refractivity contribution >= 4 is 56.9 Å². The highest BCUT2D eigenvalue weighted by Gasteiger charge is 2.30. The maximum absolute atomic E-state index is 4.55. The SMILES string of the molecule is Cc1cc(N=Nc2ccc(N3CCC(C4CCN(c5ccc(N=Nc6ccc(N=Nc7ccncc7)cc6)c(C)c5)CC4)CC3)cc2)ccc1N=Nc1ccncc1. The van der Waals surface area contributed by atoms with E-state index in [1.54, 1.807) is 24.8 Å². The van der Waals surface area contributed by atoms with Gasteiger partial charge in [0.2, 0.25) is 0 Å². The van der Waals surface area contributed by atoms with Gasteiger partial charge in [-0.25, -0.2) is 0 Å². The fourth-order valence-corrected chi connectivity index (χ4v) is 7.61. The van der Waals surface area contributed by atoms with E-state index in [0.717, 1.165) is 94.6 Å². The highest BCUT2D eigenvalue weighted by molar-refractivity contribution is 5.59. The van der Waals surface area contributed by atoms with E-state index >= 15 is 0 Å². The number of hydrogen-bond donors (Lipinski definition) is 0. The lowest BCUT2D eigenvalue weighted by atomic mass is 9.78. The van der Waals surface area contributed by atoms with Crippen LogP contribution in [-0.4, -0.2) is 36.1 Å². The van der Waals surface area contributed by atoms with Crippen LogP contribution >= 0.6 is 0 Å². The lowest BCUT2D eigenvalue weighted by Gasteiger charge is -2.41. The third kappa shape index (κ3) is 9.94. The minimum atomic E-state index is 0.755. The first-order valence-electron chi connectivity index (χ1n) is 19.9. The van der Waals surface area contributed by atoms with Gasteiger partial charge < -0.3 is 9.80 Å². The molecule has 0 aliphatic carbocycles. The van der Waals surface area contributed by atoms with E-state index in [1.165, 1.54) is 37.1 Å². The number of aromatic nitrogens is 2. The Morgan fingerprint density at radius 3 is 1.19 bits per heavy atom. The van der Waals surface area contributed by atoms with E-state index in [4.69, 9.17) is 0 Å². The molecule has 4 aromatic carbocycles.